The Kier molecular flexibility index (Phi) is 7.23. The van der Waals surface area contributed by atoms with Crippen LogP contribution in [0.4, 0.5) is 0 Å². The molecule has 1 aromatic carbocycles. The summed E-state index contributed by atoms with van der Waals surface area (Å²) < 4.78 is 24.0. The summed E-state index contributed by atoms with van der Waals surface area (Å²) in [5.41, 5.74) is -5.32. The lowest BCUT2D eigenvalue weighted by molar-refractivity contribution is -0.340. The van der Waals surface area contributed by atoms with Gasteiger partial charge < -0.3 is 29.2 Å². The molecule has 2 N–H and O–H groups in total. The molecule has 1 unspecified atom stereocenters. The SMILES string of the molecule is CC(=O)O[C@H]1C(=O)[C@]2(C)[C@@H](C)CC3OC[C@@]3(OC(C)=O)[C@H]2[C@H](OC(=O)c2ccccc2)[C@]2(O)C[C@H](O)C(C)=C1C2(C)C. The van der Waals surface area contributed by atoms with E-state index in [1.165, 1.54) is 13.8 Å². The van der Waals surface area contributed by atoms with E-state index < -0.39 is 82.0 Å². The van der Waals surface area contributed by atoms with Crippen LogP contribution in [0, 0.1) is 22.7 Å². The number of benzene rings is 1. The summed E-state index contributed by atoms with van der Waals surface area (Å²) >= 11 is 0. The minimum Gasteiger partial charge on any atom is -0.455 e. The fraction of sp³-hybridized carbons (Fsp3) is 0.625. The first-order valence-electron chi connectivity index (χ1n) is 14.4. The third-order valence-corrected chi connectivity index (χ3v) is 10.7. The van der Waals surface area contributed by atoms with Crippen molar-refractivity contribution in [2.75, 3.05) is 6.61 Å². The van der Waals surface area contributed by atoms with Crippen molar-refractivity contribution in [2.45, 2.75) is 96.9 Å². The first-order chi connectivity index (χ1) is 19.5. The summed E-state index contributed by atoms with van der Waals surface area (Å²) in [6.45, 7) is 10.9. The van der Waals surface area contributed by atoms with Gasteiger partial charge in [-0.25, -0.2) is 4.79 Å². The topological polar surface area (TPSA) is 146 Å². The van der Waals surface area contributed by atoms with E-state index in [-0.39, 0.29) is 24.2 Å². The molecule has 3 aliphatic carbocycles. The molecule has 1 aromatic rings. The van der Waals surface area contributed by atoms with Crippen molar-refractivity contribution in [1.82, 2.24) is 0 Å². The Morgan fingerprint density at radius 2 is 1.67 bits per heavy atom. The Labute approximate surface area is 245 Å². The van der Waals surface area contributed by atoms with Crippen molar-refractivity contribution in [2.24, 2.45) is 22.7 Å². The predicted molar refractivity (Wildman–Crippen MR) is 148 cm³/mol. The summed E-state index contributed by atoms with van der Waals surface area (Å²) in [4.78, 5) is 53.8. The van der Waals surface area contributed by atoms with Gasteiger partial charge in [0.15, 0.2) is 17.5 Å². The highest BCUT2D eigenvalue weighted by Gasteiger charge is 2.77. The van der Waals surface area contributed by atoms with Crippen LogP contribution in [0.15, 0.2) is 41.5 Å². The zero-order chi connectivity index (χ0) is 31.0. The number of aliphatic hydroxyl groups is 2. The van der Waals surface area contributed by atoms with Crippen molar-refractivity contribution < 1.29 is 48.3 Å². The van der Waals surface area contributed by atoms with Gasteiger partial charge >= 0.3 is 17.9 Å². The fourth-order valence-corrected chi connectivity index (χ4v) is 8.20. The average molecular weight is 585 g/mol. The second kappa shape index (κ2) is 9.99. The number of fused-ring (bicyclic) bond motifs is 5. The Balaban J connectivity index is 1.84. The molecule has 1 aliphatic heterocycles. The molecule has 1 heterocycles. The molecule has 10 nitrogen and oxygen atoms in total. The first-order valence-corrected chi connectivity index (χ1v) is 14.4. The van der Waals surface area contributed by atoms with E-state index in [1.54, 1.807) is 58.0 Å². The molecule has 0 amide bonds. The number of Topliss-reactive ketones (excluding diaryl/α,β-unsaturated/α-hetero) is 1. The van der Waals surface area contributed by atoms with Gasteiger partial charge in [-0.2, -0.15) is 0 Å². The number of ketones is 1. The van der Waals surface area contributed by atoms with Gasteiger partial charge in [-0.15, -0.1) is 0 Å². The van der Waals surface area contributed by atoms with Crippen LogP contribution in [-0.2, 0) is 33.3 Å². The van der Waals surface area contributed by atoms with E-state index in [0.29, 0.717) is 12.0 Å². The minimum atomic E-state index is -2.00. The molecule has 10 heteroatoms. The van der Waals surface area contributed by atoms with E-state index in [2.05, 4.69) is 0 Å². The third kappa shape index (κ3) is 4.09. The summed E-state index contributed by atoms with van der Waals surface area (Å²) in [5, 5.41) is 24.3. The number of hydrogen-bond donors (Lipinski definition) is 2. The molecule has 2 bridgehead atoms. The molecule has 2 saturated carbocycles. The van der Waals surface area contributed by atoms with Crippen molar-refractivity contribution in [3.05, 3.63) is 47.0 Å². The number of carbonyl (C=O) groups is 4. The standard InChI is InChI=1S/C32H40O10/c1-16-13-22-31(15-39-22,42-19(4)34)25-27(41-28(37)20-11-9-8-10-12-20)32(38)14-21(35)17(2)23(29(32,5)6)24(40-18(3)33)26(36)30(16,25)7/h8-12,16,21-22,24-25,27,35,38H,13-15H2,1-7H3/t16-,21-,22?,24+,25-,27-,30+,31-,32+/m0/s1. The second-order valence-electron chi connectivity index (χ2n) is 13.2. The van der Waals surface area contributed by atoms with E-state index in [9.17, 15) is 29.4 Å². The fourth-order valence-electron chi connectivity index (χ4n) is 8.20. The van der Waals surface area contributed by atoms with Crippen LogP contribution in [0.5, 0.6) is 0 Å². The highest BCUT2D eigenvalue weighted by molar-refractivity contribution is 5.95. The van der Waals surface area contributed by atoms with E-state index >= 15 is 0 Å². The molecule has 228 valence electrons. The van der Waals surface area contributed by atoms with E-state index in [4.69, 9.17) is 18.9 Å². The van der Waals surface area contributed by atoms with Crippen molar-refractivity contribution in [3.63, 3.8) is 0 Å². The summed E-state index contributed by atoms with van der Waals surface area (Å²) in [6.07, 6.45) is -4.67. The van der Waals surface area contributed by atoms with Gasteiger partial charge in [0.2, 0.25) is 0 Å². The normalized spacial score (nSPS) is 40.4. The molecule has 4 aliphatic rings. The number of rotatable bonds is 4. The Morgan fingerprint density at radius 1 is 1.02 bits per heavy atom. The monoisotopic (exact) mass is 584 g/mol. The van der Waals surface area contributed by atoms with E-state index in [0.717, 1.165) is 0 Å². The van der Waals surface area contributed by atoms with Gasteiger partial charge in [-0.1, -0.05) is 45.9 Å². The van der Waals surface area contributed by atoms with Crippen LogP contribution in [0.1, 0.15) is 71.7 Å². The minimum absolute atomic E-state index is 0.0874. The highest BCUT2D eigenvalue weighted by Crippen LogP contribution is 2.65. The van der Waals surface area contributed by atoms with Crippen LogP contribution < -0.4 is 0 Å². The molecule has 0 spiro atoms. The second-order valence-corrected chi connectivity index (χ2v) is 13.2. The Hall–Kier alpha value is -3.08. The van der Waals surface area contributed by atoms with Crippen LogP contribution >= 0.6 is 0 Å². The Bertz CT molecular complexity index is 1350. The zero-order valence-electron chi connectivity index (χ0n) is 25.1. The third-order valence-electron chi connectivity index (χ3n) is 10.7. The van der Waals surface area contributed by atoms with E-state index in [1.807, 2.05) is 6.92 Å². The lowest BCUT2D eigenvalue weighted by Gasteiger charge is -2.68. The molecule has 0 aromatic heterocycles. The van der Waals surface area contributed by atoms with Gasteiger partial charge in [0.05, 0.1) is 24.2 Å². The van der Waals surface area contributed by atoms with Crippen molar-refractivity contribution >= 4 is 23.7 Å². The smallest absolute Gasteiger partial charge is 0.338 e. The van der Waals surface area contributed by atoms with Gasteiger partial charge in [-0.3, -0.25) is 14.4 Å². The van der Waals surface area contributed by atoms with Crippen LogP contribution in [0.2, 0.25) is 0 Å². The summed E-state index contributed by atoms with van der Waals surface area (Å²) in [5.74, 6) is -4.10. The van der Waals surface area contributed by atoms with Gasteiger partial charge in [0.1, 0.15) is 17.8 Å². The number of aliphatic hydroxyl groups excluding tert-OH is 1. The molecular formula is C32H40O10. The largest absolute Gasteiger partial charge is 0.455 e. The number of ether oxygens (including phenoxy) is 4. The molecule has 42 heavy (non-hydrogen) atoms. The average Bonchev–Trinajstić information content (AvgIpc) is 2.90. The lowest BCUT2D eigenvalue weighted by Crippen LogP contribution is -2.80. The maximum absolute atomic E-state index is 15.0. The maximum atomic E-state index is 15.0. The molecule has 1 saturated heterocycles. The van der Waals surface area contributed by atoms with Crippen LogP contribution in [-0.4, -0.2) is 76.1 Å². The molecule has 0 radical (unpaired) electrons. The van der Waals surface area contributed by atoms with Gasteiger partial charge in [0, 0.05) is 31.1 Å². The maximum Gasteiger partial charge on any atom is 0.338 e. The highest BCUT2D eigenvalue weighted by atomic mass is 16.6. The quantitative estimate of drug-likeness (QED) is 0.308. The zero-order valence-corrected chi connectivity index (χ0v) is 25.1. The molecule has 9 atom stereocenters. The van der Waals surface area contributed by atoms with Crippen LogP contribution in [0.25, 0.3) is 0 Å². The van der Waals surface area contributed by atoms with Gasteiger partial charge in [0.25, 0.3) is 0 Å². The van der Waals surface area contributed by atoms with Crippen molar-refractivity contribution in [1.29, 1.82) is 0 Å². The number of esters is 3. The molecule has 5 rings (SSSR count). The number of hydrogen-bond acceptors (Lipinski definition) is 10. The Morgan fingerprint density at radius 3 is 2.21 bits per heavy atom. The van der Waals surface area contributed by atoms with Gasteiger partial charge in [-0.05, 0) is 42.5 Å². The summed E-state index contributed by atoms with van der Waals surface area (Å²) in [6, 6.07) is 8.26. The molecular weight excluding hydrogens is 544 g/mol. The predicted octanol–water partition coefficient (Wildman–Crippen LogP) is 2.93. The number of carbonyl (C=O) groups excluding carboxylic acids is 4. The van der Waals surface area contributed by atoms with Crippen LogP contribution in [0.3, 0.4) is 0 Å². The molecule has 3 fully saturated rings. The summed E-state index contributed by atoms with van der Waals surface area (Å²) in [7, 11) is 0. The van der Waals surface area contributed by atoms with Crippen molar-refractivity contribution in [3.8, 4) is 0 Å². The first kappa shape index (κ1) is 30.4. The lowest BCUT2D eigenvalue weighted by atomic mass is 9.43.